The number of alkyl halides is 3. The average molecular weight is 766 g/mol. The number of carbonyl (C=O) groups is 2. The number of phenols is 2. The Morgan fingerprint density at radius 2 is 1.53 bits per heavy atom. The molecule has 0 unspecified atom stereocenters. The number of hydrogen-bond donors (Lipinski definition) is 4. The predicted octanol–water partition coefficient (Wildman–Crippen LogP) is 9.05. The number of benzene rings is 4. The third kappa shape index (κ3) is 9.07. The fourth-order valence-corrected chi connectivity index (χ4v) is 4.93. The highest BCUT2D eigenvalue weighted by atomic mass is 79.9. The molecule has 16 heteroatoms. The highest BCUT2D eigenvalue weighted by Gasteiger charge is 2.30. The summed E-state index contributed by atoms with van der Waals surface area (Å²) in [4.78, 5) is 34.1. The number of phenolic OH excluding ortho intramolecular Hbond substituents is 2. The molecule has 0 spiro atoms. The second-order valence-corrected chi connectivity index (χ2v) is 11.0. The number of nitrogens with zero attached hydrogens (tertiary/aromatic N) is 1. The van der Waals surface area contributed by atoms with E-state index in [1.165, 1.54) is 54.6 Å². The summed E-state index contributed by atoms with van der Waals surface area (Å²) < 4.78 is 38.7. The van der Waals surface area contributed by atoms with Gasteiger partial charge < -0.3 is 20.8 Å². The van der Waals surface area contributed by atoms with E-state index < -0.39 is 28.5 Å². The molecule has 4 aromatic carbocycles. The lowest BCUT2D eigenvalue weighted by atomic mass is 10.1. The van der Waals surface area contributed by atoms with Gasteiger partial charge in [0.05, 0.1) is 36.8 Å². The molecule has 0 saturated carbocycles. The molecule has 224 valence electrons. The van der Waals surface area contributed by atoms with Gasteiger partial charge in [0.15, 0.2) is 0 Å². The summed E-state index contributed by atoms with van der Waals surface area (Å²) >= 11 is 17.9. The summed E-state index contributed by atoms with van der Waals surface area (Å²) in [5.41, 5.74) is -0.994. The van der Waals surface area contributed by atoms with Crippen LogP contribution in [0, 0.1) is 10.1 Å². The standard InChI is InChI=1S/C14H8Br2F3NO2.C13H8Cl2N2O4/c15-8-5-10(12(21)11(16)6-8)13(22)20-9-3-1-2-7(4-9)14(17,18)19;14-7-1-4-12(18)9(5-7)13(19)16-11-3-2-8(17(20)21)6-10(11)15/h1-6,21H,(H,20,22);1-6,18H,(H,16,19). The number of nitro groups is 1. The highest BCUT2D eigenvalue weighted by molar-refractivity contribution is 9.11. The van der Waals surface area contributed by atoms with Crippen molar-refractivity contribution >= 4 is 83.9 Å². The molecule has 0 atom stereocenters. The minimum atomic E-state index is -4.50. The van der Waals surface area contributed by atoms with Crippen molar-refractivity contribution in [1.82, 2.24) is 0 Å². The Morgan fingerprint density at radius 1 is 0.860 bits per heavy atom. The lowest BCUT2D eigenvalue weighted by Gasteiger charge is -2.11. The Kier molecular flexibility index (Phi) is 11.0. The highest BCUT2D eigenvalue weighted by Crippen LogP contribution is 2.34. The molecule has 43 heavy (non-hydrogen) atoms. The van der Waals surface area contributed by atoms with Gasteiger partial charge in [-0.1, -0.05) is 45.2 Å². The zero-order chi connectivity index (χ0) is 32.1. The van der Waals surface area contributed by atoms with Crippen molar-refractivity contribution in [3.05, 3.63) is 119 Å². The lowest BCUT2D eigenvalue weighted by Crippen LogP contribution is -2.13. The van der Waals surface area contributed by atoms with Gasteiger partial charge in [-0.25, -0.2) is 0 Å². The Balaban J connectivity index is 0.000000236. The molecule has 9 nitrogen and oxygen atoms in total. The third-order valence-corrected chi connectivity index (χ3v) is 6.95. The lowest BCUT2D eigenvalue weighted by molar-refractivity contribution is -0.384. The van der Waals surface area contributed by atoms with Crippen LogP contribution in [0.4, 0.5) is 30.2 Å². The Morgan fingerprint density at radius 3 is 2.16 bits per heavy atom. The van der Waals surface area contributed by atoms with Crippen LogP contribution in [0.2, 0.25) is 10.0 Å². The second kappa shape index (κ2) is 14.1. The van der Waals surface area contributed by atoms with Crippen LogP contribution < -0.4 is 10.6 Å². The van der Waals surface area contributed by atoms with Gasteiger partial charge in [-0.15, -0.1) is 0 Å². The van der Waals surface area contributed by atoms with E-state index in [4.69, 9.17) is 23.2 Å². The molecular weight excluding hydrogens is 750 g/mol. The largest absolute Gasteiger partial charge is 0.507 e. The van der Waals surface area contributed by atoms with Gasteiger partial charge in [0.25, 0.3) is 17.5 Å². The van der Waals surface area contributed by atoms with Gasteiger partial charge in [0.1, 0.15) is 11.5 Å². The minimum absolute atomic E-state index is 0.0130. The van der Waals surface area contributed by atoms with Crippen LogP contribution in [-0.4, -0.2) is 27.0 Å². The van der Waals surface area contributed by atoms with Crippen LogP contribution in [0.25, 0.3) is 0 Å². The molecule has 4 aromatic rings. The smallest absolute Gasteiger partial charge is 0.416 e. The van der Waals surface area contributed by atoms with Gasteiger partial charge in [0, 0.05) is 27.3 Å². The fourth-order valence-electron chi connectivity index (χ4n) is 3.31. The number of nitrogens with one attached hydrogen (secondary N) is 2. The quantitative estimate of drug-likeness (QED) is 0.118. The molecular formula is C27H16Br2Cl2F3N3O6. The number of anilines is 2. The van der Waals surface area contributed by atoms with Gasteiger partial charge in [-0.2, -0.15) is 13.2 Å². The number of non-ortho nitro benzene ring substituents is 1. The van der Waals surface area contributed by atoms with Crippen LogP contribution in [0.15, 0.2) is 81.7 Å². The van der Waals surface area contributed by atoms with E-state index in [0.29, 0.717) is 4.47 Å². The monoisotopic (exact) mass is 763 g/mol. The van der Waals surface area contributed by atoms with E-state index in [0.717, 1.165) is 18.2 Å². The Labute approximate surface area is 267 Å². The molecule has 0 bridgehead atoms. The summed E-state index contributed by atoms with van der Waals surface area (Å²) in [5, 5.41) is 35.1. The van der Waals surface area contributed by atoms with E-state index in [1.54, 1.807) is 0 Å². The second-order valence-electron chi connectivity index (χ2n) is 8.35. The van der Waals surface area contributed by atoms with Crippen molar-refractivity contribution in [2.75, 3.05) is 10.6 Å². The molecule has 0 heterocycles. The van der Waals surface area contributed by atoms with E-state index in [1.807, 2.05) is 0 Å². The maximum Gasteiger partial charge on any atom is 0.416 e. The summed E-state index contributed by atoms with van der Waals surface area (Å²) in [6.45, 7) is 0. The molecule has 0 aliphatic rings. The Hall–Kier alpha value is -3.85. The molecule has 0 saturated heterocycles. The van der Waals surface area contributed by atoms with Crippen LogP contribution in [-0.2, 0) is 6.18 Å². The first-order valence-corrected chi connectivity index (χ1v) is 13.8. The van der Waals surface area contributed by atoms with Crippen LogP contribution in [0.1, 0.15) is 26.3 Å². The number of aromatic hydroxyl groups is 2. The molecule has 0 radical (unpaired) electrons. The zero-order valence-corrected chi connectivity index (χ0v) is 25.7. The normalized spacial score (nSPS) is 10.8. The van der Waals surface area contributed by atoms with Gasteiger partial charge in [-0.05, 0) is 70.5 Å². The summed E-state index contributed by atoms with van der Waals surface area (Å²) in [6.07, 6.45) is -4.50. The Bertz CT molecular complexity index is 1720. The third-order valence-electron chi connectivity index (χ3n) is 5.34. The summed E-state index contributed by atoms with van der Waals surface area (Å²) in [7, 11) is 0. The first-order chi connectivity index (χ1) is 20.1. The van der Waals surface area contributed by atoms with E-state index in [-0.39, 0.29) is 54.2 Å². The molecule has 2 amide bonds. The first kappa shape index (κ1) is 33.6. The molecule has 4 rings (SSSR count). The van der Waals surface area contributed by atoms with Crippen molar-refractivity contribution in [1.29, 1.82) is 0 Å². The zero-order valence-electron chi connectivity index (χ0n) is 21.0. The maximum atomic E-state index is 12.6. The molecule has 0 aliphatic carbocycles. The van der Waals surface area contributed by atoms with Gasteiger partial charge in [-0.3, -0.25) is 19.7 Å². The molecule has 0 aromatic heterocycles. The van der Waals surface area contributed by atoms with E-state index >= 15 is 0 Å². The van der Waals surface area contributed by atoms with Crippen molar-refractivity contribution in [3.63, 3.8) is 0 Å². The summed E-state index contributed by atoms with van der Waals surface area (Å²) in [5.74, 6) is -1.90. The van der Waals surface area contributed by atoms with Crippen molar-refractivity contribution in [3.8, 4) is 11.5 Å². The SMILES string of the molecule is O=C(Nc1ccc([N+](=O)[O-])cc1Cl)c1cc(Cl)ccc1O.O=C(Nc1cccc(C(F)(F)F)c1)c1cc(Br)cc(Br)c1O. The topological polar surface area (TPSA) is 142 Å². The van der Waals surface area contributed by atoms with Gasteiger partial charge in [0.2, 0.25) is 0 Å². The van der Waals surface area contributed by atoms with Crippen molar-refractivity contribution in [2.24, 2.45) is 0 Å². The fraction of sp³-hybridized carbons (Fsp3) is 0.0370. The number of amides is 2. The molecule has 0 aliphatic heterocycles. The number of hydrogen-bond acceptors (Lipinski definition) is 6. The van der Waals surface area contributed by atoms with Crippen LogP contribution >= 0.6 is 55.1 Å². The molecule has 4 N–H and O–H groups in total. The molecule has 0 fully saturated rings. The number of rotatable bonds is 5. The summed E-state index contributed by atoms with van der Waals surface area (Å²) in [6, 6.07) is 14.8. The first-order valence-electron chi connectivity index (χ1n) is 11.5. The number of halogens is 7. The number of nitro benzene ring substituents is 1. The van der Waals surface area contributed by atoms with E-state index in [2.05, 4.69) is 42.5 Å². The van der Waals surface area contributed by atoms with Crippen molar-refractivity contribution in [2.45, 2.75) is 6.18 Å². The minimum Gasteiger partial charge on any atom is -0.507 e. The predicted molar refractivity (Wildman–Crippen MR) is 162 cm³/mol. The van der Waals surface area contributed by atoms with Crippen LogP contribution in [0.5, 0.6) is 11.5 Å². The van der Waals surface area contributed by atoms with E-state index in [9.17, 15) is 43.1 Å². The van der Waals surface area contributed by atoms with Crippen LogP contribution in [0.3, 0.4) is 0 Å². The average Bonchev–Trinajstić information content (AvgIpc) is 2.93. The number of carbonyl (C=O) groups excluding carboxylic acids is 2. The maximum absolute atomic E-state index is 12.6. The van der Waals surface area contributed by atoms with Gasteiger partial charge >= 0.3 is 6.18 Å². The van der Waals surface area contributed by atoms with Crippen molar-refractivity contribution < 1.29 is 37.9 Å².